The molecule has 1 fully saturated rings. The first-order valence-electron chi connectivity index (χ1n) is 6.28. The maximum absolute atomic E-state index is 11.5. The number of thioether (sulfide) groups is 1. The number of carbonyl (C=O) groups excluding carboxylic acids is 2. The molecule has 2 heterocycles. The van der Waals surface area contributed by atoms with E-state index in [0.717, 1.165) is 25.1 Å². The number of nitrogens with zero attached hydrogens (tertiary/aromatic N) is 2. The monoisotopic (exact) mass is 279 g/mol. The second-order valence-corrected chi connectivity index (χ2v) is 5.31. The zero-order valence-electron chi connectivity index (χ0n) is 10.7. The lowest BCUT2D eigenvalue weighted by molar-refractivity contribution is -0.142. The molecule has 19 heavy (non-hydrogen) atoms. The number of hydrogen-bond donors (Lipinski definition) is 1. The molecule has 0 unspecified atom stereocenters. The summed E-state index contributed by atoms with van der Waals surface area (Å²) in [7, 11) is 0. The molecular formula is C13H17N3O2S. The molecule has 5 nitrogen and oxygen atoms in total. The molecule has 1 aliphatic rings. The Morgan fingerprint density at radius 3 is 2.79 bits per heavy atom. The lowest BCUT2D eigenvalue weighted by Gasteiger charge is -2.24. The van der Waals surface area contributed by atoms with Crippen molar-refractivity contribution in [3.63, 3.8) is 0 Å². The first-order chi connectivity index (χ1) is 9.27. The lowest BCUT2D eigenvalue weighted by Crippen LogP contribution is -2.44. The van der Waals surface area contributed by atoms with Crippen molar-refractivity contribution >= 4 is 23.6 Å². The normalized spacial score (nSPS) is 15.9. The van der Waals surface area contributed by atoms with Crippen LogP contribution in [0.25, 0.3) is 0 Å². The predicted octanol–water partition coefficient (Wildman–Crippen LogP) is 0.663. The van der Waals surface area contributed by atoms with Crippen LogP contribution in [0.1, 0.15) is 12.0 Å². The Morgan fingerprint density at radius 2 is 2.11 bits per heavy atom. The van der Waals surface area contributed by atoms with E-state index >= 15 is 0 Å². The van der Waals surface area contributed by atoms with Crippen molar-refractivity contribution in [3.8, 4) is 0 Å². The van der Waals surface area contributed by atoms with Gasteiger partial charge in [0.25, 0.3) is 0 Å². The molecule has 2 amide bonds. The van der Waals surface area contributed by atoms with Crippen LogP contribution in [0.5, 0.6) is 0 Å². The van der Waals surface area contributed by atoms with Crippen LogP contribution in [-0.4, -0.2) is 46.3 Å². The molecule has 102 valence electrons. The molecule has 6 heteroatoms. The summed E-state index contributed by atoms with van der Waals surface area (Å²) < 4.78 is 0. The summed E-state index contributed by atoms with van der Waals surface area (Å²) in [6, 6.07) is 3.91. The Morgan fingerprint density at radius 1 is 1.32 bits per heavy atom. The van der Waals surface area contributed by atoms with E-state index in [4.69, 9.17) is 0 Å². The number of hydrogen-bond acceptors (Lipinski definition) is 5. The zero-order chi connectivity index (χ0) is 13.5. The Labute approximate surface area is 116 Å². The van der Waals surface area contributed by atoms with Gasteiger partial charge >= 0.3 is 0 Å². The van der Waals surface area contributed by atoms with E-state index in [2.05, 4.69) is 10.3 Å². The molecule has 0 spiro atoms. The fraction of sp³-hybridized carbons (Fsp3) is 0.462. The van der Waals surface area contributed by atoms with Crippen LogP contribution >= 0.6 is 11.8 Å². The van der Waals surface area contributed by atoms with Gasteiger partial charge in [-0.3, -0.25) is 19.5 Å². The molecule has 0 aromatic carbocycles. The minimum Gasteiger partial charge on any atom is -0.313 e. The van der Waals surface area contributed by atoms with Gasteiger partial charge in [0.15, 0.2) is 0 Å². The van der Waals surface area contributed by atoms with E-state index in [9.17, 15) is 9.59 Å². The van der Waals surface area contributed by atoms with Gasteiger partial charge in [0.2, 0.25) is 11.8 Å². The van der Waals surface area contributed by atoms with Crippen LogP contribution in [0, 0.1) is 0 Å². The van der Waals surface area contributed by atoms with Gasteiger partial charge in [0.1, 0.15) is 0 Å². The van der Waals surface area contributed by atoms with E-state index in [1.54, 1.807) is 6.20 Å². The third kappa shape index (κ3) is 4.33. The van der Waals surface area contributed by atoms with Crippen LogP contribution in [0.15, 0.2) is 24.5 Å². The maximum atomic E-state index is 11.5. The largest absolute Gasteiger partial charge is 0.313 e. The van der Waals surface area contributed by atoms with Crippen molar-refractivity contribution in [1.29, 1.82) is 0 Å². The Kier molecular flexibility index (Phi) is 5.35. The average Bonchev–Trinajstić information content (AvgIpc) is 2.42. The fourth-order valence-electron chi connectivity index (χ4n) is 1.87. The van der Waals surface area contributed by atoms with E-state index < -0.39 is 0 Å². The first-order valence-corrected chi connectivity index (χ1v) is 7.43. The number of aromatic nitrogens is 1. The summed E-state index contributed by atoms with van der Waals surface area (Å²) >= 11 is 1.39. The molecule has 2 rings (SSSR count). The third-order valence-electron chi connectivity index (χ3n) is 2.84. The van der Waals surface area contributed by atoms with Crippen molar-refractivity contribution in [2.45, 2.75) is 13.0 Å². The van der Waals surface area contributed by atoms with Gasteiger partial charge in [0.05, 0.1) is 11.5 Å². The number of pyridine rings is 1. The van der Waals surface area contributed by atoms with Gasteiger partial charge in [0, 0.05) is 25.5 Å². The molecule has 0 radical (unpaired) electrons. The first kappa shape index (κ1) is 14.0. The summed E-state index contributed by atoms with van der Waals surface area (Å²) in [5.74, 6) is 0.728. The second kappa shape index (κ2) is 7.25. The van der Waals surface area contributed by atoms with Gasteiger partial charge in [-0.2, -0.15) is 0 Å². The molecule has 1 N–H and O–H groups in total. The van der Waals surface area contributed by atoms with Crippen LogP contribution in [0.3, 0.4) is 0 Å². The summed E-state index contributed by atoms with van der Waals surface area (Å²) in [5, 5.41) is 3.28. The summed E-state index contributed by atoms with van der Waals surface area (Å²) in [5.41, 5.74) is 1.13. The molecule has 1 saturated heterocycles. The van der Waals surface area contributed by atoms with Gasteiger partial charge in [-0.25, -0.2) is 0 Å². The maximum Gasteiger partial charge on any atom is 0.239 e. The van der Waals surface area contributed by atoms with E-state index in [0.29, 0.717) is 18.1 Å². The van der Waals surface area contributed by atoms with Crippen molar-refractivity contribution < 1.29 is 9.59 Å². The second-order valence-electron chi connectivity index (χ2n) is 4.32. The Balaban J connectivity index is 1.64. The average molecular weight is 279 g/mol. The molecule has 0 saturated carbocycles. The molecular weight excluding hydrogens is 262 g/mol. The highest BCUT2D eigenvalue weighted by atomic mass is 32.2. The van der Waals surface area contributed by atoms with Crippen molar-refractivity contribution in [3.05, 3.63) is 30.1 Å². The molecule has 1 aromatic heterocycles. The number of amides is 2. The summed E-state index contributed by atoms with van der Waals surface area (Å²) in [6.45, 7) is 2.04. The SMILES string of the molecule is O=C1CSCC(=O)N1CCCNCc1cccnc1. The highest BCUT2D eigenvalue weighted by Gasteiger charge is 2.25. The summed E-state index contributed by atoms with van der Waals surface area (Å²) in [4.78, 5) is 28.5. The quantitative estimate of drug-likeness (QED) is 0.612. The highest BCUT2D eigenvalue weighted by molar-refractivity contribution is 8.00. The predicted molar refractivity (Wildman–Crippen MR) is 74.6 cm³/mol. The minimum absolute atomic E-state index is 0.0616. The molecule has 0 aliphatic carbocycles. The Hall–Kier alpha value is -1.40. The fourth-order valence-corrected chi connectivity index (χ4v) is 2.63. The molecule has 1 aromatic rings. The van der Waals surface area contributed by atoms with Gasteiger partial charge in [-0.05, 0) is 24.6 Å². The number of imide groups is 1. The number of nitrogens with one attached hydrogen (secondary N) is 1. The van der Waals surface area contributed by atoms with E-state index in [1.807, 2.05) is 18.3 Å². The molecule has 0 bridgehead atoms. The molecule has 1 aliphatic heterocycles. The third-order valence-corrected chi connectivity index (χ3v) is 3.74. The number of rotatable bonds is 6. The Bertz CT molecular complexity index is 423. The van der Waals surface area contributed by atoms with Gasteiger partial charge in [-0.15, -0.1) is 11.8 Å². The zero-order valence-corrected chi connectivity index (χ0v) is 11.5. The smallest absolute Gasteiger partial charge is 0.239 e. The number of carbonyl (C=O) groups is 2. The van der Waals surface area contributed by atoms with Crippen molar-refractivity contribution in [2.75, 3.05) is 24.6 Å². The van der Waals surface area contributed by atoms with Crippen LogP contribution < -0.4 is 5.32 Å². The lowest BCUT2D eigenvalue weighted by atomic mass is 10.3. The topological polar surface area (TPSA) is 62.3 Å². The summed E-state index contributed by atoms with van der Waals surface area (Å²) in [6.07, 6.45) is 4.35. The van der Waals surface area contributed by atoms with E-state index in [-0.39, 0.29) is 11.8 Å². The van der Waals surface area contributed by atoms with Crippen LogP contribution in [0.4, 0.5) is 0 Å². The van der Waals surface area contributed by atoms with Crippen LogP contribution in [-0.2, 0) is 16.1 Å². The standard InChI is InChI=1S/C13H17N3O2S/c17-12-9-19-10-13(18)16(12)6-2-5-15-8-11-3-1-4-14-7-11/h1,3-4,7,15H,2,5-6,8-10H2. The van der Waals surface area contributed by atoms with Crippen molar-refractivity contribution in [1.82, 2.24) is 15.2 Å². The van der Waals surface area contributed by atoms with Gasteiger partial charge < -0.3 is 5.32 Å². The minimum atomic E-state index is -0.0616. The highest BCUT2D eigenvalue weighted by Crippen LogP contribution is 2.12. The molecule has 0 atom stereocenters. The van der Waals surface area contributed by atoms with E-state index in [1.165, 1.54) is 16.7 Å². The van der Waals surface area contributed by atoms with Gasteiger partial charge in [-0.1, -0.05) is 6.07 Å². The van der Waals surface area contributed by atoms with Crippen LogP contribution in [0.2, 0.25) is 0 Å². The van der Waals surface area contributed by atoms with Crippen molar-refractivity contribution in [2.24, 2.45) is 0 Å².